The first-order chi connectivity index (χ1) is 11.1. The summed E-state index contributed by atoms with van der Waals surface area (Å²) in [6, 6.07) is 9.69. The third-order valence-corrected chi connectivity index (χ3v) is 3.21. The van der Waals surface area contributed by atoms with Gasteiger partial charge >= 0.3 is 11.9 Å². The van der Waals surface area contributed by atoms with Crippen molar-refractivity contribution in [3.63, 3.8) is 0 Å². The number of esters is 2. The molecule has 124 valence electrons. The smallest absolute Gasteiger partial charge is 0.303 e. The molecule has 0 fully saturated rings. The average Bonchev–Trinajstić information content (AvgIpc) is 2.50. The van der Waals surface area contributed by atoms with Crippen LogP contribution < -0.4 is 0 Å². The van der Waals surface area contributed by atoms with E-state index in [1.54, 1.807) is 6.08 Å². The molecule has 0 aromatic heterocycles. The Bertz CT molecular complexity index is 553. The van der Waals surface area contributed by atoms with Gasteiger partial charge in [-0.15, -0.1) is 0 Å². The molecule has 6 heteroatoms. The van der Waals surface area contributed by atoms with Crippen LogP contribution in [0.5, 0.6) is 0 Å². The highest BCUT2D eigenvalue weighted by Gasteiger charge is 2.37. The number of rotatable bonds is 6. The van der Waals surface area contributed by atoms with E-state index in [1.807, 2.05) is 30.3 Å². The quantitative estimate of drug-likeness (QED) is 0.746. The molecule has 0 aliphatic carbocycles. The summed E-state index contributed by atoms with van der Waals surface area (Å²) in [5.41, 5.74) is 1.03. The average molecular weight is 320 g/mol. The minimum Gasteiger partial charge on any atom is -0.492 e. The van der Waals surface area contributed by atoms with Crippen molar-refractivity contribution < 1.29 is 28.5 Å². The molecule has 2 rings (SSSR count). The van der Waals surface area contributed by atoms with Crippen LogP contribution in [0.4, 0.5) is 0 Å². The lowest BCUT2D eigenvalue weighted by molar-refractivity contribution is -0.177. The number of hydrogen-bond donors (Lipinski definition) is 0. The number of benzene rings is 1. The van der Waals surface area contributed by atoms with Crippen LogP contribution in [0.25, 0.3) is 0 Å². The fourth-order valence-corrected chi connectivity index (χ4v) is 2.26. The monoisotopic (exact) mass is 320 g/mol. The van der Waals surface area contributed by atoms with Crippen molar-refractivity contribution in [1.29, 1.82) is 0 Å². The van der Waals surface area contributed by atoms with Crippen LogP contribution in [0, 0.1) is 0 Å². The number of carbonyl (C=O) groups excluding carboxylic acids is 2. The Morgan fingerprint density at radius 3 is 2.43 bits per heavy atom. The van der Waals surface area contributed by atoms with Gasteiger partial charge in [-0.3, -0.25) is 9.59 Å². The zero-order chi connectivity index (χ0) is 16.7. The van der Waals surface area contributed by atoms with Gasteiger partial charge in [-0.1, -0.05) is 30.3 Å². The summed E-state index contributed by atoms with van der Waals surface area (Å²) in [5.74, 6) is -0.929. The predicted octanol–water partition coefficient (Wildman–Crippen LogP) is 1.98. The maximum Gasteiger partial charge on any atom is 0.303 e. The Balaban J connectivity index is 1.95. The maximum atomic E-state index is 11.3. The topological polar surface area (TPSA) is 71.1 Å². The summed E-state index contributed by atoms with van der Waals surface area (Å²) in [5, 5.41) is 0. The molecule has 0 N–H and O–H groups in total. The van der Waals surface area contributed by atoms with Gasteiger partial charge in [0, 0.05) is 13.8 Å². The zero-order valence-electron chi connectivity index (χ0n) is 13.1. The number of carbonyl (C=O) groups is 2. The van der Waals surface area contributed by atoms with E-state index in [-0.39, 0.29) is 6.61 Å². The minimum absolute atomic E-state index is 0.203. The van der Waals surface area contributed by atoms with Gasteiger partial charge in [0.1, 0.15) is 0 Å². The first-order valence-corrected chi connectivity index (χ1v) is 7.34. The molecule has 1 aromatic carbocycles. The van der Waals surface area contributed by atoms with Crippen molar-refractivity contribution in [3.8, 4) is 0 Å². The lowest BCUT2D eigenvalue weighted by Gasteiger charge is -2.33. The van der Waals surface area contributed by atoms with Gasteiger partial charge < -0.3 is 18.9 Å². The Kier molecular flexibility index (Phi) is 6.17. The fraction of sp³-hybridized carbons (Fsp3) is 0.412. The molecule has 0 saturated carbocycles. The van der Waals surface area contributed by atoms with Crippen molar-refractivity contribution >= 4 is 11.9 Å². The Labute approximate surface area is 135 Å². The van der Waals surface area contributed by atoms with Crippen LogP contribution in [0.3, 0.4) is 0 Å². The molecule has 1 aliphatic rings. The second-order valence-electron chi connectivity index (χ2n) is 5.15. The second-order valence-corrected chi connectivity index (χ2v) is 5.15. The van der Waals surface area contributed by atoms with E-state index in [1.165, 1.54) is 20.1 Å². The highest BCUT2D eigenvalue weighted by Crippen LogP contribution is 2.20. The van der Waals surface area contributed by atoms with Crippen LogP contribution in [0.2, 0.25) is 0 Å². The van der Waals surface area contributed by atoms with Gasteiger partial charge in [-0.2, -0.15) is 0 Å². The maximum absolute atomic E-state index is 11.3. The lowest BCUT2D eigenvalue weighted by Crippen LogP contribution is -2.47. The SMILES string of the molecule is CC(=O)O[C@H]1[C@H](OC(C)=O)C=CO[C@@H]1COCc1ccccc1. The fourth-order valence-electron chi connectivity index (χ4n) is 2.26. The molecule has 0 amide bonds. The molecule has 1 aromatic rings. The molecule has 3 atom stereocenters. The predicted molar refractivity (Wildman–Crippen MR) is 81.2 cm³/mol. The van der Waals surface area contributed by atoms with Crippen molar-refractivity contribution in [2.75, 3.05) is 6.61 Å². The van der Waals surface area contributed by atoms with Gasteiger partial charge in [-0.05, 0) is 11.6 Å². The van der Waals surface area contributed by atoms with E-state index >= 15 is 0 Å². The second kappa shape index (κ2) is 8.33. The van der Waals surface area contributed by atoms with E-state index in [4.69, 9.17) is 18.9 Å². The summed E-state index contributed by atoms with van der Waals surface area (Å²) in [6.07, 6.45) is 1.01. The van der Waals surface area contributed by atoms with E-state index < -0.39 is 30.3 Å². The molecule has 0 radical (unpaired) electrons. The van der Waals surface area contributed by atoms with Gasteiger partial charge in [-0.25, -0.2) is 0 Å². The van der Waals surface area contributed by atoms with Crippen molar-refractivity contribution in [2.45, 2.75) is 38.8 Å². The van der Waals surface area contributed by atoms with E-state index in [0.29, 0.717) is 6.61 Å². The first-order valence-electron chi connectivity index (χ1n) is 7.34. The third kappa shape index (κ3) is 5.41. The highest BCUT2D eigenvalue weighted by molar-refractivity contribution is 5.67. The van der Waals surface area contributed by atoms with Gasteiger partial charge in [0.05, 0.1) is 19.5 Å². The lowest BCUT2D eigenvalue weighted by atomic mass is 10.1. The highest BCUT2D eigenvalue weighted by atomic mass is 16.6. The summed E-state index contributed by atoms with van der Waals surface area (Å²) in [4.78, 5) is 22.5. The minimum atomic E-state index is -0.739. The van der Waals surface area contributed by atoms with Crippen LogP contribution in [0.15, 0.2) is 42.7 Å². The first kappa shape index (κ1) is 17.0. The van der Waals surface area contributed by atoms with Gasteiger partial charge in [0.15, 0.2) is 18.3 Å². The molecule has 1 heterocycles. The number of hydrogen-bond acceptors (Lipinski definition) is 6. The Morgan fingerprint density at radius 1 is 1.09 bits per heavy atom. The Morgan fingerprint density at radius 2 is 1.78 bits per heavy atom. The van der Waals surface area contributed by atoms with Crippen molar-refractivity contribution in [1.82, 2.24) is 0 Å². The van der Waals surface area contributed by atoms with Gasteiger partial charge in [0.2, 0.25) is 0 Å². The van der Waals surface area contributed by atoms with Crippen molar-refractivity contribution in [2.24, 2.45) is 0 Å². The third-order valence-electron chi connectivity index (χ3n) is 3.21. The van der Waals surface area contributed by atoms with Gasteiger partial charge in [0.25, 0.3) is 0 Å². The molecule has 0 saturated heterocycles. The molecule has 0 unspecified atom stereocenters. The van der Waals surface area contributed by atoms with Crippen LogP contribution >= 0.6 is 0 Å². The Hall–Kier alpha value is -2.34. The van der Waals surface area contributed by atoms with Crippen LogP contribution in [-0.2, 0) is 35.1 Å². The molecule has 0 bridgehead atoms. The molecular weight excluding hydrogens is 300 g/mol. The molecule has 0 spiro atoms. The normalized spacial score (nSPS) is 23.0. The molecule has 1 aliphatic heterocycles. The molecule has 23 heavy (non-hydrogen) atoms. The summed E-state index contributed by atoms with van der Waals surface area (Å²) in [6.45, 7) is 3.21. The summed E-state index contributed by atoms with van der Waals surface area (Å²) >= 11 is 0. The largest absolute Gasteiger partial charge is 0.492 e. The zero-order valence-corrected chi connectivity index (χ0v) is 13.1. The van der Waals surface area contributed by atoms with Crippen molar-refractivity contribution in [3.05, 3.63) is 48.2 Å². The summed E-state index contributed by atoms with van der Waals surface area (Å²) < 4.78 is 21.5. The summed E-state index contributed by atoms with van der Waals surface area (Å²) in [7, 11) is 0. The van der Waals surface area contributed by atoms with E-state index in [2.05, 4.69) is 0 Å². The number of ether oxygens (including phenoxy) is 4. The molecule has 6 nitrogen and oxygen atoms in total. The van der Waals surface area contributed by atoms with E-state index in [0.717, 1.165) is 5.56 Å². The van der Waals surface area contributed by atoms with Crippen LogP contribution in [-0.4, -0.2) is 36.9 Å². The standard InChI is InChI=1S/C17H20O6/c1-12(18)22-15-8-9-21-16(17(15)23-13(2)19)11-20-10-14-6-4-3-5-7-14/h3-9,15-17H,10-11H2,1-2H3/t15-,16-,17+/m1/s1. The van der Waals surface area contributed by atoms with E-state index in [9.17, 15) is 9.59 Å². The molecular formula is C17H20O6. The van der Waals surface area contributed by atoms with Crippen LogP contribution in [0.1, 0.15) is 19.4 Å².